The van der Waals surface area contributed by atoms with Crippen molar-refractivity contribution in [2.24, 2.45) is 5.10 Å². The van der Waals surface area contributed by atoms with E-state index in [-0.39, 0.29) is 12.2 Å². The molecule has 2 aromatic heterocycles. The van der Waals surface area contributed by atoms with Gasteiger partial charge in [0.1, 0.15) is 5.69 Å². The van der Waals surface area contributed by atoms with Gasteiger partial charge in [-0.3, -0.25) is 14.6 Å². The van der Waals surface area contributed by atoms with Gasteiger partial charge in [-0.25, -0.2) is 10.4 Å². The summed E-state index contributed by atoms with van der Waals surface area (Å²) >= 11 is 1.61. The fourth-order valence-electron chi connectivity index (χ4n) is 1.98. The van der Waals surface area contributed by atoms with Crippen LogP contribution in [0.1, 0.15) is 16.1 Å². The SMILES string of the molecule is O=C(CNC(=O)c1cnccn1)N/N=C/c1csc2ccccc12. The lowest BCUT2D eigenvalue weighted by Gasteiger charge is -2.02. The number of carbonyl (C=O) groups is 2. The molecule has 0 atom stereocenters. The molecule has 0 aliphatic carbocycles. The highest BCUT2D eigenvalue weighted by atomic mass is 32.1. The monoisotopic (exact) mass is 339 g/mol. The van der Waals surface area contributed by atoms with Crippen LogP contribution >= 0.6 is 11.3 Å². The molecule has 3 aromatic rings. The van der Waals surface area contributed by atoms with Gasteiger partial charge in [0.2, 0.25) is 0 Å². The second-order valence-corrected chi connectivity index (χ2v) is 5.66. The van der Waals surface area contributed by atoms with Crippen molar-refractivity contribution < 1.29 is 9.59 Å². The Bertz CT molecular complexity index is 892. The van der Waals surface area contributed by atoms with Gasteiger partial charge in [-0.15, -0.1) is 11.3 Å². The molecule has 0 bridgehead atoms. The van der Waals surface area contributed by atoms with Crippen molar-refractivity contribution >= 4 is 39.5 Å². The zero-order chi connectivity index (χ0) is 16.8. The summed E-state index contributed by atoms with van der Waals surface area (Å²) in [5.74, 6) is -0.894. The van der Waals surface area contributed by atoms with Crippen LogP contribution in [0, 0.1) is 0 Å². The molecule has 24 heavy (non-hydrogen) atoms. The van der Waals surface area contributed by atoms with E-state index in [4.69, 9.17) is 0 Å². The molecule has 0 aliphatic rings. The summed E-state index contributed by atoms with van der Waals surface area (Å²) in [6, 6.07) is 7.95. The normalized spacial score (nSPS) is 10.8. The number of benzene rings is 1. The van der Waals surface area contributed by atoms with E-state index in [9.17, 15) is 9.59 Å². The molecule has 0 unspecified atom stereocenters. The quantitative estimate of drug-likeness (QED) is 0.545. The summed E-state index contributed by atoms with van der Waals surface area (Å²) in [6.45, 7) is -0.197. The Morgan fingerprint density at radius 3 is 2.96 bits per heavy atom. The summed E-state index contributed by atoms with van der Waals surface area (Å²) in [4.78, 5) is 31.1. The molecule has 2 amide bonds. The maximum Gasteiger partial charge on any atom is 0.271 e. The first kappa shape index (κ1) is 15.8. The van der Waals surface area contributed by atoms with Gasteiger partial charge in [0.15, 0.2) is 0 Å². The van der Waals surface area contributed by atoms with E-state index < -0.39 is 11.8 Å². The van der Waals surface area contributed by atoms with E-state index in [1.807, 2.05) is 29.6 Å². The van der Waals surface area contributed by atoms with Crippen molar-refractivity contribution in [3.63, 3.8) is 0 Å². The van der Waals surface area contributed by atoms with Gasteiger partial charge in [-0.2, -0.15) is 5.10 Å². The zero-order valence-corrected chi connectivity index (χ0v) is 13.3. The molecule has 0 saturated heterocycles. The number of hydrazone groups is 1. The minimum absolute atomic E-state index is 0.151. The van der Waals surface area contributed by atoms with Crippen LogP contribution in [0.15, 0.2) is 53.3 Å². The highest BCUT2D eigenvalue weighted by Crippen LogP contribution is 2.23. The number of aromatic nitrogens is 2. The highest BCUT2D eigenvalue weighted by molar-refractivity contribution is 7.17. The number of nitrogens with zero attached hydrogens (tertiary/aromatic N) is 3. The summed E-state index contributed by atoms with van der Waals surface area (Å²) < 4.78 is 1.15. The third-order valence-corrected chi connectivity index (χ3v) is 4.09. The van der Waals surface area contributed by atoms with E-state index >= 15 is 0 Å². The lowest BCUT2D eigenvalue weighted by molar-refractivity contribution is -0.120. The molecular formula is C16H13N5O2S. The molecule has 0 fully saturated rings. The van der Waals surface area contributed by atoms with Crippen molar-refractivity contribution in [1.29, 1.82) is 0 Å². The number of hydrogen-bond donors (Lipinski definition) is 2. The summed E-state index contributed by atoms with van der Waals surface area (Å²) in [7, 11) is 0. The van der Waals surface area contributed by atoms with E-state index in [0.29, 0.717) is 0 Å². The zero-order valence-electron chi connectivity index (χ0n) is 12.5. The van der Waals surface area contributed by atoms with Crippen LogP contribution in [-0.2, 0) is 4.79 Å². The Labute approximate surface area is 141 Å². The second kappa shape index (κ2) is 7.42. The van der Waals surface area contributed by atoms with Crippen molar-refractivity contribution in [2.45, 2.75) is 0 Å². The van der Waals surface area contributed by atoms with Gasteiger partial charge in [-0.1, -0.05) is 18.2 Å². The van der Waals surface area contributed by atoms with Crippen LogP contribution in [0.4, 0.5) is 0 Å². The van der Waals surface area contributed by atoms with Crippen LogP contribution in [0.5, 0.6) is 0 Å². The maximum atomic E-state index is 11.7. The number of hydrogen-bond acceptors (Lipinski definition) is 6. The Hall–Kier alpha value is -3.13. The molecule has 1 aromatic carbocycles. The van der Waals surface area contributed by atoms with Gasteiger partial charge in [0, 0.05) is 33.4 Å². The van der Waals surface area contributed by atoms with Gasteiger partial charge in [0.25, 0.3) is 11.8 Å². The van der Waals surface area contributed by atoms with E-state index in [1.165, 1.54) is 18.6 Å². The molecule has 2 heterocycles. The third-order valence-electron chi connectivity index (χ3n) is 3.11. The molecule has 7 nitrogen and oxygen atoms in total. The van der Waals surface area contributed by atoms with Crippen LogP contribution in [0.2, 0.25) is 0 Å². The Morgan fingerprint density at radius 1 is 1.25 bits per heavy atom. The van der Waals surface area contributed by atoms with Crippen LogP contribution in [-0.4, -0.2) is 34.5 Å². The van der Waals surface area contributed by atoms with Crippen molar-refractivity contribution in [1.82, 2.24) is 20.7 Å². The summed E-state index contributed by atoms with van der Waals surface area (Å²) in [6.07, 6.45) is 5.78. The smallest absolute Gasteiger partial charge is 0.271 e. The fraction of sp³-hybridized carbons (Fsp3) is 0.0625. The van der Waals surface area contributed by atoms with E-state index in [0.717, 1.165) is 15.6 Å². The number of nitrogens with one attached hydrogen (secondary N) is 2. The summed E-state index contributed by atoms with van der Waals surface area (Å²) in [5, 5.41) is 9.41. The molecular weight excluding hydrogens is 326 g/mol. The number of rotatable bonds is 5. The number of amides is 2. The Balaban J connectivity index is 1.51. The van der Waals surface area contributed by atoms with E-state index in [1.54, 1.807) is 17.6 Å². The molecule has 3 rings (SSSR count). The molecule has 0 spiro atoms. The van der Waals surface area contributed by atoms with E-state index in [2.05, 4.69) is 25.8 Å². The van der Waals surface area contributed by atoms with Gasteiger partial charge < -0.3 is 5.32 Å². The molecule has 8 heteroatoms. The van der Waals surface area contributed by atoms with Gasteiger partial charge >= 0.3 is 0 Å². The average molecular weight is 339 g/mol. The highest BCUT2D eigenvalue weighted by Gasteiger charge is 2.08. The molecule has 0 radical (unpaired) electrons. The molecule has 0 saturated carbocycles. The van der Waals surface area contributed by atoms with Crippen LogP contribution < -0.4 is 10.7 Å². The molecule has 120 valence electrons. The number of thiophene rings is 1. The third kappa shape index (κ3) is 3.79. The maximum absolute atomic E-state index is 11.7. The van der Waals surface area contributed by atoms with Gasteiger partial charge in [0.05, 0.1) is 19.0 Å². The van der Waals surface area contributed by atoms with Crippen LogP contribution in [0.25, 0.3) is 10.1 Å². The Kier molecular flexibility index (Phi) is 4.87. The predicted octanol–water partition coefficient (Wildman–Crippen LogP) is 1.57. The summed E-state index contributed by atoms with van der Waals surface area (Å²) in [5.41, 5.74) is 3.46. The predicted molar refractivity (Wildman–Crippen MR) is 91.9 cm³/mol. The minimum Gasteiger partial charge on any atom is -0.342 e. The first-order valence-electron chi connectivity index (χ1n) is 7.06. The number of carbonyl (C=O) groups excluding carboxylic acids is 2. The first-order valence-corrected chi connectivity index (χ1v) is 7.94. The second-order valence-electron chi connectivity index (χ2n) is 4.75. The lowest BCUT2D eigenvalue weighted by atomic mass is 10.2. The van der Waals surface area contributed by atoms with Crippen molar-refractivity contribution in [2.75, 3.05) is 6.54 Å². The fourth-order valence-corrected chi connectivity index (χ4v) is 2.89. The average Bonchev–Trinajstić information content (AvgIpc) is 3.04. The van der Waals surface area contributed by atoms with Crippen molar-refractivity contribution in [3.05, 3.63) is 59.5 Å². The largest absolute Gasteiger partial charge is 0.342 e. The minimum atomic E-state index is -0.467. The lowest BCUT2D eigenvalue weighted by Crippen LogP contribution is -2.35. The van der Waals surface area contributed by atoms with Crippen LogP contribution in [0.3, 0.4) is 0 Å². The molecule has 0 aliphatic heterocycles. The number of fused-ring (bicyclic) bond motifs is 1. The standard InChI is InChI=1S/C16H13N5O2S/c22-15(9-19-16(23)13-8-17-5-6-18-13)21-20-7-11-10-24-14-4-2-1-3-12(11)14/h1-8,10H,9H2,(H,19,23)(H,21,22)/b20-7+. The van der Waals surface area contributed by atoms with Crippen molar-refractivity contribution in [3.8, 4) is 0 Å². The Morgan fingerprint density at radius 2 is 2.12 bits per heavy atom. The van der Waals surface area contributed by atoms with Gasteiger partial charge in [-0.05, 0) is 6.07 Å². The topological polar surface area (TPSA) is 96.3 Å². The first-order chi connectivity index (χ1) is 11.7. The molecule has 2 N–H and O–H groups in total.